The molecule has 1 aromatic carbocycles. The molecule has 20 heavy (non-hydrogen) atoms. The van der Waals surface area contributed by atoms with Crippen LogP contribution in [-0.4, -0.2) is 39.7 Å². The molecular weight excluding hydrogens is 250 g/mol. The minimum absolute atomic E-state index is 0.193. The lowest BCUT2D eigenvalue weighted by Crippen LogP contribution is -2.28. The molecular formula is C16H23N3O. The van der Waals surface area contributed by atoms with E-state index in [9.17, 15) is 0 Å². The van der Waals surface area contributed by atoms with Crippen LogP contribution >= 0.6 is 0 Å². The van der Waals surface area contributed by atoms with Crippen LogP contribution in [0.4, 0.5) is 0 Å². The van der Waals surface area contributed by atoms with Gasteiger partial charge in [-0.2, -0.15) is 0 Å². The van der Waals surface area contributed by atoms with Gasteiger partial charge in [0.15, 0.2) is 0 Å². The van der Waals surface area contributed by atoms with Crippen LogP contribution in [-0.2, 0) is 13.0 Å². The minimum Gasteiger partial charge on any atom is -0.395 e. The summed E-state index contributed by atoms with van der Waals surface area (Å²) in [5.41, 5.74) is 2.48. The first-order valence-corrected chi connectivity index (χ1v) is 7.15. The normalized spacial score (nSPS) is 11.2. The van der Waals surface area contributed by atoms with Crippen molar-refractivity contribution in [1.29, 1.82) is 0 Å². The average molecular weight is 273 g/mol. The van der Waals surface area contributed by atoms with Gasteiger partial charge in [-0.15, -0.1) is 0 Å². The van der Waals surface area contributed by atoms with Gasteiger partial charge in [0, 0.05) is 25.0 Å². The summed E-state index contributed by atoms with van der Waals surface area (Å²) in [7, 11) is 0. The standard InChI is InChI=1S/C16H23N3O/c1-14-17-12-16(18-14)13-19(10-11-20)9-5-8-15-6-3-2-4-7-15/h2-4,6-7,12,20H,5,8-11,13H2,1H3,(H,17,18). The largest absolute Gasteiger partial charge is 0.395 e. The molecule has 0 unspecified atom stereocenters. The van der Waals surface area contributed by atoms with Gasteiger partial charge in [0.05, 0.1) is 6.61 Å². The van der Waals surface area contributed by atoms with E-state index in [1.54, 1.807) is 0 Å². The van der Waals surface area contributed by atoms with E-state index < -0.39 is 0 Å². The molecule has 0 amide bonds. The second kappa shape index (κ2) is 7.82. The molecule has 2 N–H and O–H groups in total. The summed E-state index contributed by atoms with van der Waals surface area (Å²) in [5.74, 6) is 0.938. The van der Waals surface area contributed by atoms with Gasteiger partial charge in [-0.1, -0.05) is 30.3 Å². The summed E-state index contributed by atoms with van der Waals surface area (Å²) < 4.78 is 0. The van der Waals surface area contributed by atoms with Crippen molar-refractivity contribution in [3.63, 3.8) is 0 Å². The van der Waals surface area contributed by atoms with Gasteiger partial charge in [-0.25, -0.2) is 4.98 Å². The van der Waals surface area contributed by atoms with Crippen LogP contribution in [0.15, 0.2) is 36.5 Å². The maximum absolute atomic E-state index is 9.17. The number of H-pyrrole nitrogens is 1. The molecule has 0 radical (unpaired) electrons. The Balaban J connectivity index is 1.80. The van der Waals surface area contributed by atoms with Gasteiger partial charge in [-0.3, -0.25) is 4.90 Å². The molecule has 108 valence electrons. The fourth-order valence-corrected chi connectivity index (χ4v) is 2.36. The van der Waals surface area contributed by atoms with Crippen molar-refractivity contribution in [3.05, 3.63) is 53.6 Å². The number of aliphatic hydroxyl groups is 1. The van der Waals surface area contributed by atoms with Crippen LogP contribution < -0.4 is 0 Å². The predicted octanol–water partition coefficient (Wildman–Crippen LogP) is 2.15. The van der Waals surface area contributed by atoms with Gasteiger partial charge in [-0.05, 0) is 31.9 Å². The summed E-state index contributed by atoms with van der Waals surface area (Å²) >= 11 is 0. The number of rotatable bonds is 8. The molecule has 0 bridgehead atoms. The number of nitrogens with zero attached hydrogens (tertiary/aromatic N) is 2. The first-order chi connectivity index (χ1) is 9.78. The summed E-state index contributed by atoms with van der Waals surface area (Å²) in [6, 6.07) is 10.5. The zero-order chi connectivity index (χ0) is 14.2. The van der Waals surface area contributed by atoms with E-state index in [1.165, 1.54) is 5.56 Å². The number of imidazole rings is 1. The van der Waals surface area contributed by atoms with Gasteiger partial charge < -0.3 is 10.1 Å². The number of hydrogen-bond donors (Lipinski definition) is 2. The Bertz CT molecular complexity index is 495. The molecule has 0 saturated carbocycles. The second-order valence-corrected chi connectivity index (χ2v) is 5.08. The third-order valence-corrected chi connectivity index (χ3v) is 3.35. The first-order valence-electron chi connectivity index (χ1n) is 7.15. The lowest BCUT2D eigenvalue weighted by atomic mass is 10.1. The van der Waals surface area contributed by atoms with E-state index >= 15 is 0 Å². The number of nitrogens with one attached hydrogen (secondary N) is 1. The third-order valence-electron chi connectivity index (χ3n) is 3.35. The van der Waals surface area contributed by atoms with Gasteiger partial charge in [0.1, 0.15) is 5.82 Å². The third kappa shape index (κ3) is 4.79. The number of aliphatic hydroxyl groups excluding tert-OH is 1. The van der Waals surface area contributed by atoms with E-state index in [0.717, 1.165) is 37.4 Å². The monoisotopic (exact) mass is 273 g/mol. The van der Waals surface area contributed by atoms with Crippen LogP contribution in [0.1, 0.15) is 23.5 Å². The van der Waals surface area contributed by atoms with Crippen molar-refractivity contribution in [1.82, 2.24) is 14.9 Å². The Kier molecular flexibility index (Phi) is 5.77. The molecule has 0 aliphatic carbocycles. The van der Waals surface area contributed by atoms with Crippen LogP contribution in [0.2, 0.25) is 0 Å². The van der Waals surface area contributed by atoms with E-state index in [2.05, 4.69) is 39.1 Å². The van der Waals surface area contributed by atoms with Crippen molar-refractivity contribution in [2.75, 3.05) is 19.7 Å². The molecule has 0 spiro atoms. The van der Waals surface area contributed by atoms with Crippen molar-refractivity contribution in [2.45, 2.75) is 26.3 Å². The van der Waals surface area contributed by atoms with Crippen molar-refractivity contribution in [2.24, 2.45) is 0 Å². The number of aromatic nitrogens is 2. The molecule has 1 heterocycles. The summed E-state index contributed by atoms with van der Waals surface area (Å²) in [6.07, 6.45) is 4.04. The van der Waals surface area contributed by atoms with Crippen LogP contribution in [0.25, 0.3) is 0 Å². The Labute approximate surface area is 120 Å². The average Bonchev–Trinajstić information content (AvgIpc) is 2.85. The smallest absolute Gasteiger partial charge is 0.103 e. The van der Waals surface area contributed by atoms with Gasteiger partial charge >= 0.3 is 0 Å². The summed E-state index contributed by atoms with van der Waals surface area (Å²) in [4.78, 5) is 9.71. The van der Waals surface area contributed by atoms with E-state index in [1.807, 2.05) is 19.2 Å². The Morgan fingerprint density at radius 2 is 2.00 bits per heavy atom. The molecule has 2 aromatic rings. The fraction of sp³-hybridized carbons (Fsp3) is 0.438. The number of benzene rings is 1. The van der Waals surface area contributed by atoms with E-state index in [4.69, 9.17) is 5.11 Å². The van der Waals surface area contributed by atoms with Crippen LogP contribution in [0, 0.1) is 6.92 Å². The van der Waals surface area contributed by atoms with Crippen LogP contribution in [0.3, 0.4) is 0 Å². The zero-order valence-electron chi connectivity index (χ0n) is 12.0. The quantitative estimate of drug-likeness (QED) is 0.775. The molecule has 2 rings (SSSR count). The maximum atomic E-state index is 9.17. The lowest BCUT2D eigenvalue weighted by Gasteiger charge is -2.20. The highest BCUT2D eigenvalue weighted by Gasteiger charge is 2.07. The highest BCUT2D eigenvalue weighted by atomic mass is 16.3. The fourth-order valence-electron chi connectivity index (χ4n) is 2.36. The molecule has 4 heteroatoms. The topological polar surface area (TPSA) is 52.1 Å². The SMILES string of the molecule is Cc1ncc(CN(CCO)CCCc2ccccc2)[nH]1. The van der Waals surface area contributed by atoms with Crippen molar-refractivity contribution < 1.29 is 5.11 Å². The van der Waals surface area contributed by atoms with Gasteiger partial charge in [0.25, 0.3) is 0 Å². The molecule has 0 aliphatic heterocycles. The zero-order valence-corrected chi connectivity index (χ0v) is 12.0. The summed E-state index contributed by atoms with van der Waals surface area (Å²) in [5, 5.41) is 9.17. The first kappa shape index (κ1) is 14.8. The van der Waals surface area contributed by atoms with E-state index in [-0.39, 0.29) is 6.61 Å². The molecule has 0 aliphatic rings. The van der Waals surface area contributed by atoms with Crippen molar-refractivity contribution >= 4 is 0 Å². The summed E-state index contributed by atoms with van der Waals surface area (Å²) in [6.45, 7) is 4.64. The Hall–Kier alpha value is -1.65. The highest BCUT2D eigenvalue weighted by Crippen LogP contribution is 2.06. The Morgan fingerprint density at radius 3 is 2.65 bits per heavy atom. The second-order valence-electron chi connectivity index (χ2n) is 5.08. The molecule has 0 saturated heterocycles. The minimum atomic E-state index is 0.193. The molecule has 1 aromatic heterocycles. The number of aromatic amines is 1. The predicted molar refractivity (Wildman–Crippen MR) is 80.5 cm³/mol. The van der Waals surface area contributed by atoms with E-state index in [0.29, 0.717) is 6.54 Å². The molecule has 0 atom stereocenters. The lowest BCUT2D eigenvalue weighted by molar-refractivity contribution is 0.187. The Morgan fingerprint density at radius 1 is 1.20 bits per heavy atom. The highest BCUT2D eigenvalue weighted by molar-refractivity contribution is 5.14. The van der Waals surface area contributed by atoms with Crippen LogP contribution in [0.5, 0.6) is 0 Å². The maximum Gasteiger partial charge on any atom is 0.103 e. The number of hydrogen-bond acceptors (Lipinski definition) is 3. The molecule has 4 nitrogen and oxygen atoms in total. The van der Waals surface area contributed by atoms with Crippen molar-refractivity contribution in [3.8, 4) is 0 Å². The number of aryl methyl sites for hydroxylation is 2. The molecule has 0 fully saturated rings. The van der Waals surface area contributed by atoms with Gasteiger partial charge in [0.2, 0.25) is 0 Å².